The molecule has 0 saturated carbocycles. The lowest BCUT2D eigenvalue weighted by atomic mass is 10.2. The normalized spacial score (nSPS) is 11.8. The van der Waals surface area contributed by atoms with Crippen molar-refractivity contribution >= 4 is 28.3 Å². The molecule has 2 heterocycles. The Morgan fingerprint density at radius 2 is 2.05 bits per heavy atom. The van der Waals surface area contributed by atoms with Gasteiger partial charge < -0.3 is 4.74 Å². The number of aromatic nitrogens is 2. The minimum absolute atomic E-state index is 0.381. The summed E-state index contributed by atoms with van der Waals surface area (Å²) in [5.41, 5.74) is 1.06. The molecule has 0 saturated heterocycles. The fourth-order valence-corrected chi connectivity index (χ4v) is 2.81. The van der Waals surface area contributed by atoms with Crippen LogP contribution < -0.4 is 0 Å². The first-order valence-electron chi connectivity index (χ1n) is 6.69. The van der Waals surface area contributed by atoms with Gasteiger partial charge in [0, 0.05) is 17.0 Å². The number of carbonyl (C=O) groups is 1. The van der Waals surface area contributed by atoms with E-state index in [2.05, 4.69) is 4.98 Å². The third-order valence-electron chi connectivity index (χ3n) is 2.94. The Kier molecular flexibility index (Phi) is 3.29. The first kappa shape index (κ1) is 13.8. The molecule has 108 valence electrons. The van der Waals surface area contributed by atoms with Crippen molar-refractivity contribution in [3.63, 3.8) is 0 Å². The number of hydrogen-bond donors (Lipinski definition) is 0. The Labute approximate surface area is 127 Å². The van der Waals surface area contributed by atoms with Crippen LogP contribution in [0.1, 0.15) is 20.8 Å². The minimum atomic E-state index is -0.539. The van der Waals surface area contributed by atoms with Crippen LogP contribution >= 0.6 is 11.3 Å². The number of benzene rings is 1. The highest BCUT2D eigenvalue weighted by Crippen LogP contribution is 2.30. The van der Waals surface area contributed by atoms with Crippen LogP contribution in [0.4, 0.5) is 4.79 Å². The van der Waals surface area contributed by atoms with Crippen molar-refractivity contribution in [1.29, 1.82) is 0 Å². The Bertz CT molecular complexity index is 782. The molecule has 0 spiro atoms. The molecule has 1 aromatic carbocycles. The minimum Gasteiger partial charge on any atom is -0.443 e. The van der Waals surface area contributed by atoms with Gasteiger partial charge in [0.1, 0.15) is 10.6 Å². The van der Waals surface area contributed by atoms with E-state index in [4.69, 9.17) is 4.74 Å². The SMILES string of the molecule is CC(C)(C)OC(=O)n1c(-c2nccs2)cc2ccccc21. The molecule has 0 amide bonds. The van der Waals surface area contributed by atoms with Gasteiger partial charge >= 0.3 is 6.09 Å². The summed E-state index contributed by atoms with van der Waals surface area (Å²) in [6, 6.07) is 9.73. The van der Waals surface area contributed by atoms with E-state index in [-0.39, 0.29) is 6.09 Å². The fourth-order valence-electron chi connectivity index (χ4n) is 2.17. The largest absolute Gasteiger partial charge is 0.443 e. The number of hydrogen-bond acceptors (Lipinski definition) is 4. The van der Waals surface area contributed by atoms with Crippen molar-refractivity contribution in [2.75, 3.05) is 0 Å². The summed E-state index contributed by atoms with van der Waals surface area (Å²) in [7, 11) is 0. The summed E-state index contributed by atoms with van der Waals surface area (Å²) in [6.45, 7) is 5.58. The number of ether oxygens (including phenoxy) is 1. The van der Waals surface area contributed by atoms with Crippen molar-refractivity contribution in [2.45, 2.75) is 26.4 Å². The predicted molar refractivity (Wildman–Crippen MR) is 84.7 cm³/mol. The second kappa shape index (κ2) is 5.00. The summed E-state index contributed by atoms with van der Waals surface area (Å²) >= 11 is 1.50. The maximum atomic E-state index is 12.6. The molecule has 4 nitrogen and oxygen atoms in total. The van der Waals surface area contributed by atoms with Crippen molar-refractivity contribution in [3.05, 3.63) is 41.9 Å². The highest BCUT2D eigenvalue weighted by molar-refractivity contribution is 7.13. The lowest BCUT2D eigenvalue weighted by molar-refractivity contribution is 0.0547. The Hall–Kier alpha value is -2.14. The maximum absolute atomic E-state index is 12.6. The molecule has 3 rings (SSSR count). The van der Waals surface area contributed by atoms with Crippen LogP contribution in [0.3, 0.4) is 0 Å². The van der Waals surface area contributed by atoms with E-state index in [0.29, 0.717) is 0 Å². The molecule has 0 fully saturated rings. The van der Waals surface area contributed by atoms with Crippen molar-refractivity contribution in [3.8, 4) is 10.7 Å². The van der Waals surface area contributed by atoms with Crippen LogP contribution in [0.5, 0.6) is 0 Å². The number of para-hydroxylation sites is 1. The number of fused-ring (bicyclic) bond motifs is 1. The zero-order valence-corrected chi connectivity index (χ0v) is 13.0. The number of carbonyl (C=O) groups excluding carboxylic acids is 1. The van der Waals surface area contributed by atoms with Gasteiger partial charge in [-0.1, -0.05) is 18.2 Å². The van der Waals surface area contributed by atoms with Gasteiger partial charge in [-0.3, -0.25) is 0 Å². The fraction of sp³-hybridized carbons (Fsp3) is 0.250. The van der Waals surface area contributed by atoms with Gasteiger partial charge in [-0.15, -0.1) is 11.3 Å². The molecule has 0 unspecified atom stereocenters. The number of rotatable bonds is 1. The third kappa shape index (κ3) is 2.69. The lowest BCUT2D eigenvalue weighted by Crippen LogP contribution is -2.27. The van der Waals surface area contributed by atoms with Gasteiger partial charge in [0.05, 0.1) is 11.2 Å². The van der Waals surface area contributed by atoms with Gasteiger partial charge in [-0.05, 0) is 32.9 Å². The molecule has 0 atom stereocenters. The zero-order valence-electron chi connectivity index (χ0n) is 12.2. The topological polar surface area (TPSA) is 44.1 Å². The molecule has 21 heavy (non-hydrogen) atoms. The molecular formula is C16H16N2O2S. The first-order valence-corrected chi connectivity index (χ1v) is 7.57. The number of nitrogens with zero attached hydrogens (tertiary/aromatic N) is 2. The monoisotopic (exact) mass is 300 g/mol. The Morgan fingerprint density at radius 3 is 2.71 bits per heavy atom. The average molecular weight is 300 g/mol. The molecule has 0 radical (unpaired) electrons. The van der Waals surface area contributed by atoms with E-state index >= 15 is 0 Å². The lowest BCUT2D eigenvalue weighted by Gasteiger charge is -2.20. The summed E-state index contributed by atoms with van der Waals surface area (Å²) in [4.78, 5) is 16.9. The van der Waals surface area contributed by atoms with Crippen LogP contribution in [0.2, 0.25) is 0 Å². The van der Waals surface area contributed by atoms with Crippen LogP contribution in [-0.2, 0) is 4.74 Å². The van der Waals surface area contributed by atoms with Gasteiger partial charge in [0.2, 0.25) is 0 Å². The van der Waals surface area contributed by atoms with Crippen LogP contribution in [0, 0.1) is 0 Å². The molecule has 0 N–H and O–H groups in total. The predicted octanol–water partition coefficient (Wildman–Crippen LogP) is 4.55. The molecule has 5 heteroatoms. The quantitative estimate of drug-likeness (QED) is 0.662. The number of thiazole rings is 1. The Morgan fingerprint density at radius 1 is 1.29 bits per heavy atom. The summed E-state index contributed by atoms with van der Waals surface area (Å²) in [6.07, 6.45) is 1.35. The average Bonchev–Trinajstić information content (AvgIpc) is 3.03. The van der Waals surface area contributed by atoms with Crippen LogP contribution in [0.25, 0.3) is 21.6 Å². The van der Waals surface area contributed by atoms with E-state index in [1.54, 1.807) is 10.8 Å². The second-order valence-electron chi connectivity index (χ2n) is 5.74. The van der Waals surface area contributed by atoms with E-state index in [9.17, 15) is 4.79 Å². The molecule has 2 aromatic heterocycles. The van der Waals surface area contributed by atoms with Gasteiger partial charge in [-0.25, -0.2) is 14.3 Å². The van der Waals surface area contributed by atoms with E-state index in [1.165, 1.54) is 11.3 Å². The third-order valence-corrected chi connectivity index (χ3v) is 3.73. The summed E-state index contributed by atoms with van der Waals surface area (Å²) in [5, 5.41) is 3.69. The van der Waals surface area contributed by atoms with Crippen molar-refractivity contribution < 1.29 is 9.53 Å². The Balaban J connectivity index is 2.19. The van der Waals surface area contributed by atoms with Gasteiger partial charge in [-0.2, -0.15) is 0 Å². The van der Waals surface area contributed by atoms with E-state index in [1.807, 2.05) is 56.5 Å². The standard InChI is InChI=1S/C16H16N2O2S/c1-16(2,3)20-15(19)18-12-7-5-4-6-11(12)10-13(18)14-17-8-9-21-14/h4-10H,1-3H3. The smallest absolute Gasteiger partial charge is 0.419 e. The van der Waals surface area contributed by atoms with Crippen LogP contribution in [-0.4, -0.2) is 21.2 Å². The molecule has 3 aromatic rings. The van der Waals surface area contributed by atoms with Crippen LogP contribution in [0.15, 0.2) is 41.9 Å². The highest BCUT2D eigenvalue weighted by Gasteiger charge is 2.23. The van der Waals surface area contributed by atoms with Crippen molar-refractivity contribution in [2.24, 2.45) is 0 Å². The van der Waals surface area contributed by atoms with Gasteiger partial charge in [0.25, 0.3) is 0 Å². The van der Waals surface area contributed by atoms with Gasteiger partial charge in [0.15, 0.2) is 0 Å². The van der Waals surface area contributed by atoms with E-state index in [0.717, 1.165) is 21.6 Å². The van der Waals surface area contributed by atoms with E-state index < -0.39 is 5.60 Å². The maximum Gasteiger partial charge on any atom is 0.419 e. The molecule has 0 bridgehead atoms. The zero-order chi connectivity index (χ0) is 15.0. The second-order valence-corrected chi connectivity index (χ2v) is 6.64. The first-order chi connectivity index (χ1) is 9.96. The molecule has 0 aliphatic rings. The summed E-state index contributed by atoms with van der Waals surface area (Å²) in [5.74, 6) is 0. The molecule has 0 aliphatic carbocycles. The highest BCUT2D eigenvalue weighted by atomic mass is 32.1. The van der Waals surface area contributed by atoms with Crippen molar-refractivity contribution in [1.82, 2.24) is 9.55 Å². The molecule has 0 aliphatic heterocycles. The molecular weight excluding hydrogens is 284 g/mol. The summed E-state index contributed by atoms with van der Waals surface area (Å²) < 4.78 is 7.13.